The van der Waals surface area contributed by atoms with Gasteiger partial charge in [0.2, 0.25) is 0 Å². The van der Waals surface area contributed by atoms with E-state index >= 15 is 0 Å². The Morgan fingerprint density at radius 3 is 2.57 bits per heavy atom. The molecule has 1 heterocycles. The van der Waals surface area contributed by atoms with Crippen molar-refractivity contribution in [1.82, 2.24) is 15.1 Å². The minimum Gasteiger partial charge on any atom is -0.496 e. The number of aryl methyl sites for hydroxylation is 1. The van der Waals surface area contributed by atoms with Gasteiger partial charge >= 0.3 is 12.1 Å². The van der Waals surface area contributed by atoms with Gasteiger partial charge in [0.25, 0.3) is 5.91 Å². The van der Waals surface area contributed by atoms with E-state index in [9.17, 15) is 27.9 Å². The van der Waals surface area contributed by atoms with Crippen molar-refractivity contribution < 1.29 is 32.6 Å². The summed E-state index contributed by atoms with van der Waals surface area (Å²) in [5, 5.41) is 15.8. The molecule has 2 N–H and O–H groups in total. The predicted molar refractivity (Wildman–Crippen MR) is 124 cm³/mol. The van der Waals surface area contributed by atoms with Crippen molar-refractivity contribution in [3.05, 3.63) is 69.0 Å². The SMILES string of the molecule is C#C/C(Cl)=C\C=C(/C)Cc1nn(C)c(C(F)(F)F)c1C(=O)N[C@@H](C)c1ccc(C(=O)O)c(OC)c1. The molecule has 0 saturated heterocycles. The summed E-state index contributed by atoms with van der Waals surface area (Å²) < 4.78 is 47.2. The van der Waals surface area contributed by atoms with E-state index < -0.39 is 35.4 Å². The number of amides is 1. The molecule has 1 aromatic heterocycles. The number of nitrogens with zero attached hydrogens (tertiary/aromatic N) is 2. The number of ether oxygens (including phenoxy) is 1. The van der Waals surface area contributed by atoms with Crippen LogP contribution < -0.4 is 10.1 Å². The van der Waals surface area contributed by atoms with E-state index in [4.69, 9.17) is 22.8 Å². The van der Waals surface area contributed by atoms with Gasteiger partial charge in [-0.2, -0.15) is 18.3 Å². The summed E-state index contributed by atoms with van der Waals surface area (Å²) in [5.41, 5.74) is -0.973. The van der Waals surface area contributed by atoms with Crippen LogP contribution in [0.2, 0.25) is 0 Å². The van der Waals surface area contributed by atoms with E-state index in [-0.39, 0.29) is 28.5 Å². The Hall–Kier alpha value is -3.71. The summed E-state index contributed by atoms with van der Waals surface area (Å²) in [4.78, 5) is 24.4. The number of allylic oxidation sites excluding steroid dienone is 4. The molecular formula is C24H23ClF3N3O4. The van der Waals surface area contributed by atoms with Gasteiger partial charge in [-0.05, 0) is 37.6 Å². The lowest BCUT2D eigenvalue weighted by molar-refractivity contribution is -0.144. The molecule has 0 unspecified atom stereocenters. The summed E-state index contributed by atoms with van der Waals surface area (Å²) in [5.74, 6) is 0.0657. The first-order valence-electron chi connectivity index (χ1n) is 10.1. The van der Waals surface area contributed by atoms with E-state index in [1.165, 1.54) is 37.5 Å². The molecule has 0 fully saturated rings. The molecule has 11 heteroatoms. The maximum absolute atomic E-state index is 13.8. The molecule has 0 radical (unpaired) electrons. The third-order valence-corrected chi connectivity index (χ3v) is 5.25. The van der Waals surface area contributed by atoms with Crippen LogP contribution in [-0.2, 0) is 19.6 Å². The third kappa shape index (κ3) is 6.67. The summed E-state index contributed by atoms with van der Waals surface area (Å²) in [6.45, 7) is 3.19. The number of hydrogen-bond donors (Lipinski definition) is 2. The molecule has 2 rings (SSSR count). The van der Waals surface area contributed by atoms with Gasteiger partial charge in [-0.1, -0.05) is 35.2 Å². The molecule has 0 aliphatic carbocycles. The Morgan fingerprint density at radius 1 is 1.37 bits per heavy atom. The minimum absolute atomic E-state index is 0.0496. The summed E-state index contributed by atoms with van der Waals surface area (Å²) >= 11 is 5.75. The second-order valence-corrected chi connectivity index (χ2v) is 8.01. The number of halogens is 4. The summed E-state index contributed by atoms with van der Waals surface area (Å²) in [7, 11) is 2.39. The van der Waals surface area contributed by atoms with Gasteiger partial charge in [-0.15, -0.1) is 6.42 Å². The number of carbonyl (C=O) groups excluding carboxylic acids is 1. The highest BCUT2D eigenvalue weighted by molar-refractivity contribution is 6.32. The van der Waals surface area contributed by atoms with Crippen LogP contribution in [0.3, 0.4) is 0 Å². The average Bonchev–Trinajstić information content (AvgIpc) is 3.12. The van der Waals surface area contributed by atoms with E-state index in [1.54, 1.807) is 13.8 Å². The molecular weight excluding hydrogens is 487 g/mol. The lowest BCUT2D eigenvalue weighted by atomic mass is 10.0. The normalized spacial score (nSPS) is 13.2. The monoisotopic (exact) mass is 509 g/mol. The van der Waals surface area contributed by atoms with E-state index in [2.05, 4.69) is 16.3 Å². The fraction of sp³-hybridized carbons (Fsp3) is 0.292. The fourth-order valence-corrected chi connectivity index (χ4v) is 3.42. The van der Waals surface area contributed by atoms with Crippen molar-refractivity contribution in [3.8, 4) is 18.1 Å². The smallest absolute Gasteiger partial charge is 0.433 e. The zero-order chi connectivity index (χ0) is 26.5. The molecule has 0 bridgehead atoms. The first-order valence-corrected chi connectivity index (χ1v) is 10.5. The van der Waals surface area contributed by atoms with Crippen LogP contribution in [-0.4, -0.2) is 33.9 Å². The van der Waals surface area contributed by atoms with Gasteiger partial charge in [0.1, 0.15) is 11.3 Å². The first kappa shape index (κ1) is 27.5. The summed E-state index contributed by atoms with van der Waals surface area (Å²) in [6.07, 6.45) is 3.22. The van der Waals surface area contributed by atoms with Gasteiger partial charge in [0.05, 0.1) is 29.4 Å². The van der Waals surface area contributed by atoms with E-state index in [0.717, 1.165) is 7.05 Å². The maximum Gasteiger partial charge on any atom is 0.433 e. The van der Waals surface area contributed by atoms with Crippen LogP contribution >= 0.6 is 11.6 Å². The molecule has 7 nitrogen and oxygen atoms in total. The average molecular weight is 510 g/mol. The largest absolute Gasteiger partial charge is 0.496 e. The van der Waals surface area contributed by atoms with Crippen molar-refractivity contribution >= 4 is 23.5 Å². The number of carboxylic acid groups (broad SMARTS) is 1. The number of terminal acetylenes is 1. The number of alkyl halides is 3. The van der Waals surface area contributed by atoms with Crippen LogP contribution in [0.1, 0.15) is 57.6 Å². The van der Waals surface area contributed by atoms with Gasteiger partial charge in [-0.3, -0.25) is 9.48 Å². The number of benzene rings is 1. The van der Waals surface area contributed by atoms with E-state index in [1.807, 2.05) is 0 Å². The van der Waals surface area contributed by atoms with Crippen LogP contribution in [0.15, 0.2) is 41.0 Å². The standard InChI is InChI=1S/C24H23ClF3N3O4/c1-6-16(25)9-7-13(2)11-18-20(21(24(26,27)28)31(4)30-18)22(32)29-14(3)15-8-10-17(23(33)34)19(12-15)35-5/h1,7-10,12,14H,11H2,2-5H3,(H,29,32)(H,33,34)/b13-7+,16-9+/t14-/m0/s1. The Balaban J connectivity index is 2.45. The molecule has 2 aromatic rings. The van der Waals surface area contributed by atoms with Crippen LogP contribution in [0.25, 0.3) is 0 Å². The molecule has 186 valence electrons. The van der Waals surface area contributed by atoms with Gasteiger partial charge < -0.3 is 15.2 Å². The van der Waals surface area contributed by atoms with Gasteiger partial charge in [-0.25, -0.2) is 4.79 Å². The molecule has 0 spiro atoms. The molecule has 1 aromatic carbocycles. The second kappa shape index (κ2) is 11.1. The van der Waals surface area contributed by atoms with Crippen molar-refractivity contribution in [1.29, 1.82) is 0 Å². The highest BCUT2D eigenvalue weighted by Crippen LogP contribution is 2.34. The van der Waals surface area contributed by atoms with Crippen molar-refractivity contribution in [2.24, 2.45) is 7.05 Å². The number of nitrogens with one attached hydrogen (secondary N) is 1. The number of aromatic nitrogens is 2. The highest BCUT2D eigenvalue weighted by atomic mass is 35.5. The molecule has 0 aliphatic heterocycles. The van der Waals surface area contributed by atoms with Gasteiger partial charge in [0.15, 0.2) is 5.69 Å². The van der Waals surface area contributed by atoms with Crippen molar-refractivity contribution in [2.45, 2.75) is 32.5 Å². The zero-order valence-corrected chi connectivity index (χ0v) is 20.1. The Bertz CT molecular complexity index is 1240. The number of rotatable bonds is 8. The lowest BCUT2D eigenvalue weighted by Crippen LogP contribution is -2.30. The van der Waals surface area contributed by atoms with E-state index in [0.29, 0.717) is 15.8 Å². The first-order chi connectivity index (χ1) is 16.3. The summed E-state index contributed by atoms with van der Waals surface area (Å²) in [6, 6.07) is 3.36. The number of carboxylic acids is 1. The molecule has 1 amide bonds. The van der Waals surface area contributed by atoms with Crippen LogP contribution in [0.4, 0.5) is 13.2 Å². The van der Waals surface area contributed by atoms with Gasteiger partial charge in [0, 0.05) is 13.5 Å². The molecule has 35 heavy (non-hydrogen) atoms. The molecule has 0 aliphatic rings. The fourth-order valence-electron chi connectivity index (χ4n) is 3.36. The molecule has 0 saturated carbocycles. The number of carbonyl (C=O) groups is 2. The highest BCUT2D eigenvalue weighted by Gasteiger charge is 2.41. The quantitative estimate of drug-likeness (QED) is 0.391. The number of methoxy groups -OCH3 is 1. The predicted octanol–water partition coefficient (Wildman–Crippen LogP) is 4.88. The number of hydrogen-bond acceptors (Lipinski definition) is 4. The Kier molecular flexibility index (Phi) is 8.77. The van der Waals surface area contributed by atoms with Crippen LogP contribution in [0, 0.1) is 12.3 Å². The topological polar surface area (TPSA) is 93.5 Å². The Labute approximate surface area is 205 Å². The van der Waals surface area contributed by atoms with Crippen LogP contribution in [0.5, 0.6) is 5.75 Å². The zero-order valence-electron chi connectivity index (χ0n) is 19.3. The lowest BCUT2D eigenvalue weighted by Gasteiger charge is -2.17. The maximum atomic E-state index is 13.8. The molecule has 1 atom stereocenters. The number of aromatic carboxylic acids is 1. The Morgan fingerprint density at radius 2 is 2.03 bits per heavy atom. The second-order valence-electron chi connectivity index (χ2n) is 7.60. The minimum atomic E-state index is -4.84. The van der Waals surface area contributed by atoms with Crippen molar-refractivity contribution in [2.75, 3.05) is 7.11 Å². The van der Waals surface area contributed by atoms with Crippen molar-refractivity contribution in [3.63, 3.8) is 0 Å². The third-order valence-electron chi connectivity index (χ3n) is 5.02.